The molecule has 0 spiro atoms. The minimum absolute atomic E-state index is 0. The van der Waals surface area contributed by atoms with Gasteiger partial charge < -0.3 is 10.6 Å². The summed E-state index contributed by atoms with van der Waals surface area (Å²) < 4.78 is 1.71. The molecule has 2 aromatic rings. The summed E-state index contributed by atoms with van der Waals surface area (Å²) in [6.07, 6.45) is 6.36. The third-order valence-electron chi connectivity index (χ3n) is 4.06. The molecule has 2 heterocycles. The van der Waals surface area contributed by atoms with E-state index in [0.717, 1.165) is 37.1 Å². The van der Waals surface area contributed by atoms with E-state index in [4.69, 9.17) is 0 Å². The lowest BCUT2D eigenvalue weighted by molar-refractivity contribution is -0.124. The lowest BCUT2D eigenvalue weighted by atomic mass is 10.0. The second kappa shape index (κ2) is 8.08. The van der Waals surface area contributed by atoms with Crippen molar-refractivity contribution < 1.29 is 4.79 Å². The number of amides is 1. The summed E-state index contributed by atoms with van der Waals surface area (Å²) in [5.74, 6) is 0.0903. The van der Waals surface area contributed by atoms with Crippen LogP contribution in [0, 0.1) is 0 Å². The maximum absolute atomic E-state index is 12.2. The summed E-state index contributed by atoms with van der Waals surface area (Å²) in [7, 11) is 0. The number of nitrogens with zero attached hydrogens (tertiary/aromatic N) is 3. The normalized spacial score (nSPS) is 18.7. The molecule has 0 saturated carbocycles. The Morgan fingerprint density at radius 2 is 2.13 bits per heavy atom. The van der Waals surface area contributed by atoms with Gasteiger partial charge in [0.15, 0.2) is 0 Å². The van der Waals surface area contributed by atoms with E-state index in [1.165, 1.54) is 6.33 Å². The maximum atomic E-state index is 12.2. The molecule has 1 amide bonds. The molecular formula is C16H22ClN5O. The average molecular weight is 336 g/mol. The van der Waals surface area contributed by atoms with Crippen LogP contribution in [0.5, 0.6) is 0 Å². The van der Waals surface area contributed by atoms with E-state index >= 15 is 0 Å². The minimum Gasteiger partial charge on any atom is -0.348 e. The molecule has 1 saturated heterocycles. The van der Waals surface area contributed by atoms with Crippen LogP contribution in [0.4, 0.5) is 0 Å². The summed E-state index contributed by atoms with van der Waals surface area (Å²) in [4.78, 5) is 16.2. The number of carbonyl (C=O) groups excluding carboxylic acids is 1. The van der Waals surface area contributed by atoms with Gasteiger partial charge in [-0.1, -0.05) is 18.6 Å². The highest BCUT2D eigenvalue weighted by molar-refractivity contribution is 5.85. The molecule has 6 nitrogen and oxygen atoms in total. The van der Waals surface area contributed by atoms with E-state index in [1.54, 1.807) is 11.0 Å². The van der Waals surface area contributed by atoms with E-state index in [9.17, 15) is 4.79 Å². The average Bonchev–Trinajstić information content (AvgIpc) is 3.10. The van der Waals surface area contributed by atoms with Crippen molar-refractivity contribution in [2.24, 2.45) is 0 Å². The van der Waals surface area contributed by atoms with Crippen LogP contribution in [0.2, 0.25) is 0 Å². The second-order valence-electron chi connectivity index (χ2n) is 5.66. The lowest BCUT2D eigenvalue weighted by Crippen LogP contribution is -2.47. The Morgan fingerprint density at radius 1 is 1.35 bits per heavy atom. The molecule has 3 rings (SSSR count). The molecule has 2 atom stereocenters. The van der Waals surface area contributed by atoms with Gasteiger partial charge in [-0.3, -0.25) is 4.79 Å². The Bertz CT molecular complexity index is 608. The van der Waals surface area contributed by atoms with Crippen molar-refractivity contribution in [2.45, 2.75) is 38.3 Å². The number of piperidine rings is 1. The van der Waals surface area contributed by atoms with Crippen molar-refractivity contribution in [3.05, 3.63) is 42.5 Å². The predicted octanol–water partition coefficient (Wildman–Crippen LogP) is 2.01. The van der Waals surface area contributed by atoms with Gasteiger partial charge in [0.25, 0.3) is 0 Å². The lowest BCUT2D eigenvalue weighted by Gasteiger charge is -2.24. The van der Waals surface area contributed by atoms with Crippen molar-refractivity contribution >= 4 is 18.3 Å². The molecule has 2 unspecified atom stereocenters. The van der Waals surface area contributed by atoms with E-state index in [-0.39, 0.29) is 30.4 Å². The Labute approximate surface area is 142 Å². The molecule has 1 aliphatic heterocycles. The predicted molar refractivity (Wildman–Crippen MR) is 90.8 cm³/mol. The van der Waals surface area contributed by atoms with Gasteiger partial charge >= 0.3 is 0 Å². The molecule has 1 fully saturated rings. The van der Waals surface area contributed by atoms with Crippen molar-refractivity contribution in [1.82, 2.24) is 25.4 Å². The quantitative estimate of drug-likeness (QED) is 0.896. The van der Waals surface area contributed by atoms with Gasteiger partial charge in [-0.2, -0.15) is 5.10 Å². The van der Waals surface area contributed by atoms with E-state index in [0.29, 0.717) is 0 Å². The molecular weight excluding hydrogens is 314 g/mol. The van der Waals surface area contributed by atoms with Crippen LogP contribution < -0.4 is 10.6 Å². The van der Waals surface area contributed by atoms with Crippen LogP contribution >= 0.6 is 12.4 Å². The SMILES string of the molecule is CC(NC(=O)C1CCCCN1)c1ccc(-n2cncn2)cc1.Cl. The number of nitrogens with one attached hydrogen (secondary N) is 2. The Balaban J connectivity index is 0.00000192. The van der Waals surface area contributed by atoms with Gasteiger partial charge in [-0.05, 0) is 44.0 Å². The van der Waals surface area contributed by atoms with Crippen molar-refractivity contribution in [3.63, 3.8) is 0 Å². The third-order valence-corrected chi connectivity index (χ3v) is 4.06. The zero-order chi connectivity index (χ0) is 15.4. The first kappa shape index (κ1) is 17.4. The number of carbonyl (C=O) groups is 1. The van der Waals surface area contributed by atoms with E-state index < -0.39 is 0 Å². The molecule has 7 heteroatoms. The summed E-state index contributed by atoms with van der Waals surface area (Å²) >= 11 is 0. The largest absolute Gasteiger partial charge is 0.348 e. The highest BCUT2D eigenvalue weighted by Gasteiger charge is 2.21. The van der Waals surface area contributed by atoms with Gasteiger partial charge in [0.05, 0.1) is 17.8 Å². The molecule has 23 heavy (non-hydrogen) atoms. The van der Waals surface area contributed by atoms with Crippen molar-refractivity contribution in [1.29, 1.82) is 0 Å². The van der Waals surface area contributed by atoms with Gasteiger partial charge in [0, 0.05) is 0 Å². The zero-order valence-corrected chi connectivity index (χ0v) is 13.9. The fourth-order valence-electron chi connectivity index (χ4n) is 2.73. The number of aromatic nitrogens is 3. The van der Waals surface area contributed by atoms with Crippen molar-refractivity contribution in [3.8, 4) is 5.69 Å². The molecule has 1 aliphatic rings. The summed E-state index contributed by atoms with van der Waals surface area (Å²) in [6.45, 7) is 2.93. The first-order valence-corrected chi connectivity index (χ1v) is 7.73. The van der Waals surface area contributed by atoms with Gasteiger partial charge in [-0.15, -0.1) is 12.4 Å². The molecule has 124 valence electrons. The third kappa shape index (κ3) is 4.30. The number of rotatable bonds is 4. The van der Waals surface area contributed by atoms with Crippen molar-refractivity contribution in [2.75, 3.05) is 6.54 Å². The van der Waals surface area contributed by atoms with Crippen LogP contribution in [0.25, 0.3) is 5.69 Å². The summed E-state index contributed by atoms with van der Waals surface area (Å²) in [6, 6.07) is 7.91. The fourth-order valence-corrected chi connectivity index (χ4v) is 2.73. The summed E-state index contributed by atoms with van der Waals surface area (Å²) in [5, 5.41) is 10.5. The van der Waals surface area contributed by atoms with Crippen LogP contribution in [-0.2, 0) is 4.79 Å². The molecule has 0 bridgehead atoms. The number of benzene rings is 1. The Morgan fingerprint density at radius 3 is 2.74 bits per heavy atom. The first-order valence-electron chi connectivity index (χ1n) is 7.73. The number of hydrogen-bond acceptors (Lipinski definition) is 4. The molecule has 2 N–H and O–H groups in total. The maximum Gasteiger partial charge on any atom is 0.237 e. The van der Waals surface area contributed by atoms with Crippen LogP contribution in [0.1, 0.15) is 37.8 Å². The monoisotopic (exact) mass is 335 g/mol. The topological polar surface area (TPSA) is 71.8 Å². The number of halogens is 1. The van der Waals surface area contributed by atoms with E-state index in [2.05, 4.69) is 20.7 Å². The minimum atomic E-state index is -0.0504. The Kier molecular flexibility index (Phi) is 6.12. The van der Waals surface area contributed by atoms with Crippen LogP contribution in [-0.4, -0.2) is 33.3 Å². The summed E-state index contributed by atoms with van der Waals surface area (Å²) in [5.41, 5.74) is 2.03. The highest BCUT2D eigenvalue weighted by atomic mass is 35.5. The van der Waals surface area contributed by atoms with Crippen LogP contribution in [0.15, 0.2) is 36.9 Å². The molecule has 1 aromatic heterocycles. The van der Waals surface area contributed by atoms with Gasteiger partial charge in [-0.25, -0.2) is 9.67 Å². The number of hydrogen-bond donors (Lipinski definition) is 2. The Hall–Kier alpha value is -1.92. The van der Waals surface area contributed by atoms with Gasteiger partial charge in [0.2, 0.25) is 5.91 Å². The van der Waals surface area contributed by atoms with E-state index in [1.807, 2.05) is 31.2 Å². The highest BCUT2D eigenvalue weighted by Crippen LogP contribution is 2.16. The van der Waals surface area contributed by atoms with Crippen LogP contribution in [0.3, 0.4) is 0 Å². The fraction of sp³-hybridized carbons (Fsp3) is 0.438. The molecule has 0 aliphatic carbocycles. The van der Waals surface area contributed by atoms with Gasteiger partial charge in [0.1, 0.15) is 12.7 Å². The smallest absolute Gasteiger partial charge is 0.237 e. The first-order chi connectivity index (χ1) is 10.7. The standard InChI is InChI=1S/C16H21N5O.ClH/c1-12(20-16(22)15-4-2-3-9-18-15)13-5-7-14(8-6-13)21-11-17-10-19-21;/h5-8,10-12,15,18H,2-4,9H2,1H3,(H,20,22);1H. The zero-order valence-electron chi connectivity index (χ0n) is 13.1. The molecule has 0 radical (unpaired) electrons. The second-order valence-corrected chi connectivity index (χ2v) is 5.66. The molecule has 1 aromatic carbocycles.